The Morgan fingerprint density at radius 3 is 2.39 bits per heavy atom. The first-order valence-corrected chi connectivity index (χ1v) is 11.0. The monoisotopic (exact) mass is 454 g/mol. The number of hydrogen-bond donors (Lipinski definition) is 0. The average Bonchev–Trinajstić information content (AvgIpc) is 3.59. The van der Waals surface area contributed by atoms with Crippen LogP contribution in [-0.2, 0) is 19.0 Å². The van der Waals surface area contributed by atoms with E-state index >= 15 is 0 Å². The summed E-state index contributed by atoms with van der Waals surface area (Å²) in [7, 11) is 1.76. The second-order valence-corrected chi connectivity index (χ2v) is 7.32. The van der Waals surface area contributed by atoms with E-state index in [1.807, 2.05) is 46.8 Å². The molecule has 178 valence electrons. The van der Waals surface area contributed by atoms with Crippen molar-refractivity contribution in [1.29, 1.82) is 0 Å². The van der Waals surface area contributed by atoms with E-state index in [-0.39, 0.29) is 19.3 Å². The summed E-state index contributed by atoms with van der Waals surface area (Å²) in [4.78, 5) is 14.8. The van der Waals surface area contributed by atoms with E-state index in [4.69, 9.17) is 18.7 Å². The molecule has 2 saturated heterocycles. The van der Waals surface area contributed by atoms with Crippen LogP contribution in [0.2, 0.25) is 0 Å². The number of hydrogen-bond acceptors (Lipinski definition) is 6. The highest BCUT2D eigenvalue weighted by atomic mass is 16.7. The van der Waals surface area contributed by atoms with Crippen LogP contribution in [0.25, 0.3) is 0 Å². The zero-order chi connectivity index (χ0) is 24.6. The third-order valence-electron chi connectivity index (χ3n) is 5.56. The molecule has 4 heterocycles. The molecule has 1 spiro atoms. The van der Waals surface area contributed by atoms with E-state index in [0.717, 1.165) is 28.2 Å². The van der Waals surface area contributed by atoms with Crippen LogP contribution in [0.3, 0.4) is 0 Å². The molecule has 0 saturated carbocycles. The first kappa shape index (κ1) is 25.9. The summed E-state index contributed by atoms with van der Waals surface area (Å²) >= 11 is 0. The lowest BCUT2D eigenvalue weighted by Crippen LogP contribution is -2.35. The molecule has 3 aliphatic rings. The van der Waals surface area contributed by atoms with Crippen LogP contribution in [0.1, 0.15) is 32.1 Å². The molecule has 3 aliphatic heterocycles. The largest absolute Gasteiger partial charge is 0.491 e. The van der Waals surface area contributed by atoms with E-state index in [9.17, 15) is 4.79 Å². The van der Waals surface area contributed by atoms with Gasteiger partial charge in [0.1, 0.15) is 35.9 Å². The molecular weight excluding hydrogens is 420 g/mol. The molecule has 7 nitrogen and oxygen atoms in total. The molecule has 0 aliphatic carbocycles. The fraction of sp³-hybridized carbons (Fsp3) is 0.385. The minimum atomic E-state index is -0.869. The predicted molar refractivity (Wildman–Crippen MR) is 128 cm³/mol. The maximum atomic E-state index is 13.1. The molecule has 0 radical (unpaired) electrons. The Bertz CT molecular complexity index is 987. The van der Waals surface area contributed by atoms with Crippen molar-refractivity contribution in [3.8, 4) is 0 Å². The molecule has 1 atom stereocenters. The topological polar surface area (TPSA) is 74.0 Å². The van der Waals surface area contributed by atoms with Crippen molar-refractivity contribution in [3.63, 3.8) is 0 Å². The molecule has 4 rings (SSSR count). The molecule has 1 amide bonds. The molecule has 1 unspecified atom stereocenters. The van der Waals surface area contributed by atoms with Crippen molar-refractivity contribution < 1.29 is 23.5 Å². The number of aromatic nitrogens is 1. The molecule has 0 aromatic carbocycles. The number of nitrogens with zero attached hydrogens (tertiary/aromatic N) is 2. The second-order valence-electron chi connectivity index (χ2n) is 7.32. The lowest BCUT2D eigenvalue weighted by molar-refractivity contribution is -0.132. The van der Waals surface area contributed by atoms with Gasteiger partial charge in [-0.1, -0.05) is 50.4 Å². The van der Waals surface area contributed by atoms with E-state index in [0.29, 0.717) is 18.1 Å². The number of likely N-dealkylation sites (tertiary alicyclic amines) is 1. The van der Waals surface area contributed by atoms with E-state index < -0.39 is 5.41 Å². The predicted octanol–water partition coefficient (Wildman–Crippen LogP) is 5.14. The average molecular weight is 455 g/mol. The number of likely N-dealkylation sites (N-methyl/N-ethyl adjacent to an activating group) is 1. The summed E-state index contributed by atoms with van der Waals surface area (Å²) in [5.74, 6) is 2.16. The van der Waals surface area contributed by atoms with Gasteiger partial charge in [-0.05, 0) is 32.4 Å². The molecule has 2 fully saturated rings. The second kappa shape index (κ2) is 11.5. The Hall–Kier alpha value is -3.32. The maximum absolute atomic E-state index is 13.1. The van der Waals surface area contributed by atoms with Gasteiger partial charge in [0.25, 0.3) is 0 Å². The third-order valence-corrected chi connectivity index (χ3v) is 5.56. The van der Waals surface area contributed by atoms with Gasteiger partial charge in [0.2, 0.25) is 5.91 Å². The number of rotatable bonds is 3. The van der Waals surface area contributed by atoms with Crippen molar-refractivity contribution in [2.45, 2.75) is 34.6 Å². The molecule has 33 heavy (non-hydrogen) atoms. The summed E-state index contributed by atoms with van der Waals surface area (Å²) < 4.78 is 21.2. The maximum Gasteiger partial charge on any atom is 0.245 e. The molecule has 1 aromatic heterocycles. The van der Waals surface area contributed by atoms with Gasteiger partial charge in [-0.3, -0.25) is 4.79 Å². The lowest BCUT2D eigenvalue weighted by Gasteiger charge is -2.22. The number of aryl methyl sites for hydroxylation is 2. The Morgan fingerprint density at radius 2 is 1.94 bits per heavy atom. The summed E-state index contributed by atoms with van der Waals surface area (Å²) in [5.41, 5.74) is 2.73. The highest BCUT2D eigenvalue weighted by Crippen LogP contribution is 2.53. The van der Waals surface area contributed by atoms with Gasteiger partial charge in [-0.2, -0.15) is 0 Å². The minimum Gasteiger partial charge on any atom is -0.491 e. The standard InChI is InChI=1S/C19H21NO4.C5H7NO.C2H6/c1-5-8-16-14(6-2)19(18(21)20(16)4)11-23-17(15(19)7-3)9-13-10-22-12-24-13;1-4-3-6-7-5(4)2;1-2/h5-9H,1,3,10-12H2,2,4H3;3H,1-2H3;1-2H3/b13-9+,14-6+,16-8+;;. The van der Waals surface area contributed by atoms with Gasteiger partial charge in [-0.15, -0.1) is 0 Å². The SMILES string of the molecule is C=C/C=C1\C(=C/C)C2(COC(/C=C3\COCO3)=C2C=C)C(=O)N1C.CC.Cc1cnoc1C. The molecule has 0 bridgehead atoms. The van der Waals surface area contributed by atoms with E-state index in [1.165, 1.54) is 0 Å². The number of allylic oxidation sites excluding steroid dienone is 6. The first-order valence-electron chi connectivity index (χ1n) is 11.0. The van der Waals surface area contributed by atoms with Crippen molar-refractivity contribution >= 4 is 5.91 Å². The molecule has 0 N–H and O–H groups in total. The normalized spacial score (nSPS) is 25.1. The summed E-state index contributed by atoms with van der Waals surface area (Å²) in [6.45, 7) is 18.3. The van der Waals surface area contributed by atoms with Gasteiger partial charge in [-0.25, -0.2) is 0 Å². The Labute approximate surface area is 196 Å². The van der Waals surface area contributed by atoms with Crippen molar-refractivity contribution in [2.75, 3.05) is 27.1 Å². The summed E-state index contributed by atoms with van der Waals surface area (Å²) in [5, 5.41) is 3.55. The van der Waals surface area contributed by atoms with Gasteiger partial charge < -0.3 is 23.6 Å². The molecular formula is C26H34N2O5. The highest BCUT2D eigenvalue weighted by molar-refractivity contribution is 5.98. The number of carbonyl (C=O) groups is 1. The zero-order valence-electron chi connectivity index (χ0n) is 20.4. The Balaban J connectivity index is 0.000000362. The lowest BCUT2D eigenvalue weighted by atomic mass is 9.75. The van der Waals surface area contributed by atoms with Crippen LogP contribution >= 0.6 is 0 Å². The van der Waals surface area contributed by atoms with Gasteiger partial charge in [0, 0.05) is 30.0 Å². The van der Waals surface area contributed by atoms with E-state index in [2.05, 4.69) is 18.3 Å². The fourth-order valence-corrected chi connectivity index (χ4v) is 3.84. The van der Waals surface area contributed by atoms with Gasteiger partial charge in [0.15, 0.2) is 6.79 Å². The highest BCUT2D eigenvalue weighted by Gasteiger charge is 2.57. The van der Waals surface area contributed by atoms with Crippen LogP contribution in [0.4, 0.5) is 0 Å². The van der Waals surface area contributed by atoms with Crippen LogP contribution < -0.4 is 0 Å². The number of ether oxygens (including phenoxy) is 3. The Kier molecular flexibility index (Phi) is 9.05. The van der Waals surface area contributed by atoms with Gasteiger partial charge in [0.05, 0.1) is 6.20 Å². The van der Waals surface area contributed by atoms with Crippen LogP contribution in [0, 0.1) is 19.3 Å². The third kappa shape index (κ3) is 4.88. The van der Waals surface area contributed by atoms with Crippen LogP contribution in [0.15, 0.2) is 82.6 Å². The van der Waals surface area contributed by atoms with Crippen LogP contribution in [-0.4, -0.2) is 43.0 Å². The van der Waals surface area contributed by atoms with Crippen molar-refractivity contribution in [1.82, 2.24) is 10.1 Å². The smallest absolute Gasteiger partial charge is 0.245 e. The fourth-order valence-electron chi connectivity index (χ4n) is 3.84. The summed E-state index contributed by atoms with van der Waals surface area (Å²) in [6, 6.07) is 0. The van der Waals surface area contributed by atoms with Gasteiger partial charge >= 0.3 is 0 Å². The number of carbonyl (C=O) groups excluding carboxylic acids is 1. The summed E-state index contributed by atoms with van der Waals surface area (Å²) in [6.07, 6.45) is 10.7. The van der Waals surface area contributed by atoms with Crippen molar-refractivity contribution in [3.05, 3.63) is 89.4 Å². The first-order chi connectivity index (χ1) is 15.9. The Morgan fingerprint density at radius 1 is 1.21 bits per heavy atom. The quantitative estimate of drug-likeness (QED) is 0.630. The minimum absolute atomic E-state index is 0.0319. The van der Waals surface area contributed by atoms with Crippen molar-refractivity contribution in [2.24, 2.45) is 5.41 Å². The van der Waals surface area contributed by atoms with E-state index in [1.54, 1.807) is 36.4 Å². The molecule has 1 aromatic rings. The number of amides is 1. The zero-order valence-corrected chi connectivity index (χ0v) is 20.4. The molecule has 7 heteroatoms. The van der Waals surface area contributed by atoms with Crippen LogP contribution in [0.5, 0.6) is 0 Å².